The average Bonchev–Trinajstić information content (AvgIpc) is 2.70. The minimum absolute atomic E-state index is 0.0404. The quantitative estimate of drug-likeness (QED) is 0.689. The van der Waals surface area contributed by atoms with Crippen molar-refractivity contribution in [3.8, 4) is 11.5 Å². The van der Waals surface area contributed by atoms with Gasteiger partial charge >= 0.3 is 0 Å². The van der Waals surface area contributed by atoms with Crippen molar-refractivity contribution in [2.75, 3.05) is 32.1 Å². The molecule has 142 valence electrons. The minimum atomic E-state index is -0.274. The SMILES string of the molecule is C=CCOc1ccc(C(=O)N(CC)CC(=O)Nc2cccc(OC)c2)cc1. The number of ether oxygens (including phenoxy) is 2. The van der Waals surface area contributed by atoms with E-state index in [9.17, 15) is 9.59 Å². The number of nitrogens with zero attached hydrogens (tertiary/aromatic N) is 1. The monoisotopic (exact) mass is 368 g/mol. The molecule has 27 heavy (non-hydrogen) atoms. The van der Waals surface area contributed by atoms with Gasteiger partial charge in [-0.3, -0.25) is 9.59 Å². The van der Waals surface area contributed by atoms with E-state index in [0.717, 1.165) is 0 Å². The Kier molecular flexibility index (Phi) is 7.43. The molecule has 0 heterocycles. The van der Waals surface area contributed by atoms with Crippen LogP contribution in [0, 0.1) is 0 Å². The summed E-state index contributed by atoms with van der Waals surface area (Å²) in [7, 11) is 1.56. The van der Waals surface area contributed by atoms with Gasteiger partial charge < -0.3 is 19.7 Å². The summed E-state index contributed by atoms with van der Waals surface area (Å²) in [6.07, 6.45) is 1.65. The van der Waals surface area contributed by atoms with Crippen LogP contribution in [0.1, 0.15) is 17.3 Å². The second kappa shape index (κ2) is 10.0. The third-order valence-corrected chi connectivity index (χ3v) is 3.83. The summed E-state index contributed by atoms with van der Waals surface area (Å²) in [5.74, 6) is 0.818. The third-order valence-electron chi connectivity index (χ3n) is 3.83. The van der Waals surface area contributed by atoms with Gasteiger partial charge in [0.15, 0.2) is 0 Å². The molecule has 2 amide bonds. The lowest BCUT2D eigenvalue weighted by Gasteiger charge is -2.20. The van der Waals surface area contributed by atoms with Gasteiger partial charge in [0, 0.05) is 23.9 Å². The van der Waals surface area contributed by atoms with Gasteiger partial charge in [0.25, 0.3) is 5.91 Å². The Morgan fingerprint density at radius 2 is 1.89 bits per heavy atom. The number of nitrogens with one attached hydrogen (secondary N) is 1. The first-order chi connectivity index (χ1) is 13.1. The highest BCUT2D eigenvalue weighted by molar-refractivity contribution is 5.99. The number of methoxy groups -OCH3 is 1. The molecule has 0 radical (unpaired) electrons. The number of hydrogen-bond acceptors (Lipinski definition) is 4. The van der Waals surface area contributed by atoms with Crippen molar-refractivity contribution in [2.24, 2.45) is 0 Å². The lowest BCUT2D eigenvalue weighted by molar-refractivity contribution is -0.116. The van der Waals surface area contributed by atoms with Gasteiger partial charge in [-0.15, -0.1) is 0 Å². The molecule has 0 unspecified atom stereocenters. The number of carbonyl (C=O) groups is 2. The van der Waals surface area contributed by atoms with E-state index in [-0.39, 0.29) is 18.4 Å². The molecule has 0 atom stereocenters. The van der Waals surface area contributed by atoms with Gasteiger partial charge in [0.05, 0.1) is 7.11 Å². The summed E-state index contributed by atoms with van der Waals surface area (Å²) < 4.78 is 10.5. The van der Waals surface area contributed by atoms with Crippen molar-refractivity contribution in [3.05, 3.63) is 66.7 Å². The van der Waals surface area contributed by atoms with Crippen LogP contribution >= 0.6 is 0 Å². The average molecular weight is 368 g/mol. The van der Waals surface area contributed by atoms with Crippen LogP contribution < -0.4 is 14.8 Å². The van der Waals surface area contributed by atoms with Gasteiger partial charge in [0.2, 0.25) is 5.91 Å². The maximum absolute atomic E-state index is 12.7. The molecule has 0 spiro atoms. The van der Waals surface area contributed by atoms with Gasteiger partial charge in [-0.05, 0) is 43.3 Å². The number of hydrogen-bond donors (Lipinski definition) is 1. The predicted molar refractivity (Wildman–Crippen MR) is 105 cm³/mol. The van der Waals surface area contributed by atoms with Crippen molar-refractivity contribution < 1.29 is 19.1 Å². The van der Waals surface area contributed by atoms with E-state index >= 15 is 0 Å². The van der Waals surface area contributed by atoms with Crippen LogP contribution in [-0.2, 0) is 4.79 Å². The summed E-state index contributed by atoms with van der Waals surface area (Å²) in [6.45, 7) is 6.20. The summed E-state index contributed by atoms with van der Waals surface area (Å²) in [5.41, 5.74) is 1.11. The fourth-order valence-corrected chi connectivity index (χ4v) is 2.43. The molecule has 0 bridgehead atoms. The highest BCUT2D eigenvalue weighted by Gasteiger charge is 2.17. The molecular weight excluding hydrogens is 344 g/mol. The first-order valence-electron chi connectivity index (χ1n) is 8.64. The smallest absolute Gasteiger partial charge is 0.254 e. The first kappa shape index (κ1) is 20.0. The number of benzene rings is 2. The van der Waals surface area contributed by atoms with Gasteiger partial charge in [0.1, 0.15) is 24.7 Å². The molecule has 0 aromatic heterocycles. The Balaban J connectivity index is 1.99. The van der Waals surface area contributed by atoms with Gasteiger partial charge in [-0.25, -0.2) is 0 Å². The molecule has 0 aliphatic heterocycles. The van der Waals surface area contributed by atoms with Gasteiger partial charge in [-0.1, -0.05) is 18.7 Å². The van der Waals surface area contributed by atoms with Crippen LogP contribution in [-0.4, -0.2) is 43.5 Å². The minimum Gasteiger partial charge on any atom is -0.497 e. The Labute approximate surface area is 159 Å². The molecule has 1 N–H and O–H groups in total. The zero-order chi connectivity index (χ0) is 19.6. The van der Waals surface area contributed by atoms with Crippen molar-refractivity contribution in [3.63, 3.8) is 0 Å². The normalized spacial score (nSPS) is 10.0. The second-order valence-electron chi connectivity index (χ2n) is 5.72. The highest BCUT2D eigenvalue weighted by atomic mass is 16.5. The molecular formula is C21H24N2O4. The molecule has 2 aromatic carbocycles. The predicted octanol–water partition coefficient (Wildman–Crippen LogP) is 3.36. The first-order valence-corrected chi connectivity index (χ1v) is 8.64. The largest absolute Gasteiger partial charge is 0.497 e. The fraction of sp³-hybridized carbons (Fsp3) is 0.238. The van der Waals surface area contributed by atoms with E-state index in [2.05, 4.69) is 11.9 Å². The number of amides is 2. The zero-order valence-corrected chi connectivity index (χ0v) is 15.6. The summed E-state index contributed by atoms with van der Waals surface area (Å²) in [4.78, 5) is 26.5. The highest BCUT2D eigenvalue weighted by Crippen LogP contribution is 2.17. The van der Waals surface area contributed by atoms with Crippen LogP contribution in [0.3, 0.4) is 0 Å². The van der Waals surface area contributed by atoms with Crippen LogP contribution in [0.4, 0.5) is 5.69 Å². The van der Waals surface area contributed by atoms with E-state index in [1.54, 1.807) is 61.7 Å². The third kappa shape index (κ3) is 5.88. The molecule has 0 fully saturated rings. The van der Waals surface area contributed by atoms with Crippen LogP contribution in [0.5, 0.6) is 11.5 Å². The molecule has 6 nitrogen and oxygen atoms in total. The van der Waals surface area contributed by atoms with E-state index < -0.39 is 0 Å². The standard InChI is InChI=1S/C21H24N2O4/c1-4-13-27-18-11-9-16(10-12-18)21(25)23(5-2)15-20(24)22-17-7-6-8-19(14-17)26-3/h4,6-12,14H,1,5,13,15H2,2-3H3,(H,22,24). The van der Waals surface area contributed by atoms with Crippen molar-refractivity contribution in [1.82, 2.24) is 4.90 Å². The van der Waals surface area contributed by atoms with Crippen molar-refractivity contribution in [1.29, 1.82) is 0 Å². The zero-order valence-electron chi connectivity index (χ0n) is 15.6. The second-order valence-corrected chi connectivity index (χ2v) is 5.72. The lowest BCUT2D eigenvalue weighted by atomic mass is 10.2. The van der Waals surface area contributed by atoms with E-state index in [1.807, 2.05) is 6.92 Å². The summed E-state index contributed by atoms with van der Waals surface area (Å²) in [6, 6.07) is 13.9. The number of carbonyl (C=O) groups excluding carboxylic acids is 2. The van der Waals surface area contributed by atoms with E-state index in [4.69, 9.17) is 9.47 Å². The Morgan fingerprint density at radius 1 is 1.15 bits per heavy atom. The Bertz CT molecular complexity index is 787. The Hall–Kier alpha value is -3.28. The van der Waals surface area contributed by atoms with Crippen LogP contribution in [0.25, 0.3) is 0 Å². The molecule has 2 rings (SSSR count). The molecule has 0 saturated carbocycles. The molecule has 0 saturated heterocycles. The summed E-state index contributed by atoms with van der Waals surface area (Å²) in [5, 5.41) is 2.78. The fourth-order valence-electron chi connectivity index (χ4n) is 2.43. The number of anilines is 1. The maximum Gasteiger partial charge on any atom is 0.254 e. The van der Waals surface area contributed by atoms with E-state index in [0.29, 0.717) is 35.9 Å². The Morgan fingerprint density at radius 3 is 2.52 bits per heavy atom. The topological polar surface area (TPSA) is 67.9 Å². The molecule has 6 heteroatoms. The summed E-state index contributed by atoms with van der Waals surface area (Å²) >= 11 is 0. The van der Waals surface area contributed by atoms with Crippen molar-refractivity contribution in [2.45, 2.75) is 6.92 Å². The van der Waals surface area contributed by atoms with Crippen LogP contribution in [0.15, 0.2) is 61.2 Å². The molecule has 2 aromatic rings. The van der Waals surface area contributed by atoms with Gasteiger partial charge in [-0.2, -0.15) is 0 Å². The molecule has 0 aliphatic carbocycles. The number of likely N-dealkylation sites (N-methyl/N-ethyl adjacent to an activating group) is 1. The van der Waals surface area contributed by atoms with E-state index in [1.165, 1.54) is 4.90 Å². The number of rotatable bonds is 9. The molecule has 0 aliphatic rings. The van der Waals surface area contributed by atoms with Crippen molar-refractivity contribution >= 4 is 17.5 Å². The van der Waals surface area contributed by atoms with Crippen LogP contribution in [0.2, 0.25) is 0 Å². The lowest BCUT2D eigenvalue weighted by Crippen LogP contribution is -2.37. The maximum atomic E-state index is 12.7.